The van der Waals surface area contributed by atoms with Gasteiger partial charge in [0.05, 0.1) is 23.3 Å². The largest absolute Gasteiger partial charge is 0.369 e. The molecule has 2 aromatic carbocycles. The number of carbonyl (C=O) groups excluding carboxylic acids is 2. The average molecular weight is 482 g/mol. The molecule has 3 fully saturated rings. The highest BCUT2D eigenvalue weighted by atomic mass is 32.2. The van der Waals surface area contributed by atoms with E-state index >= 15 is 0 Å². The fourth-order valence-electron chi connectivity index (χ4n) is 5.55. The number of anilines is 1. The Morgan fingerprint density at radius 1 is 0.853 bits per heavy atom. The summed E-state index contributed by atoms with van der Waals surface area (Å²) in [5.74, 6) is -0.597. The van der Waals surface area contributed by atoms with Gasteiger partial charge in [0.15, 0.2) is 0 Å². The molecule has 1 saturated carbocycles. The lowest BCUT2D eigenvalue weighted by Gasteiger charge is -2.35. The Hall–Kier alpha value is -2.71. The maximum atomic E-state index is 13.5. The number of fused-ring (bicyclic) bond motifs is 1. The van der Waals surface area contributed by atoms with Crippen LogP contribution in [0.3, 0.4) is 0 Å². The molecule has 2 heterocycles. The molecule has 0 N–H and O–H groups in total. The van der Waals surface area contributed by atoms with Crippen LogP contribution < -0.4 is 4.90 Å². The molecule has 34 heavy (non-hydrogen) atoms. The predicted molar refractivity (Wildman–Crippen MR) is 130 cm³/mol. The summed E-state index contributed by atoms with van der Waals surface area (Å²) in [6.07, 6.45) is 3.51. The second-order valence-electron chi connectivity index (χ2n) is 9.59. The minimum atomic E-state index is -3.68. The minimum absolute atomic E-state index is 0.100. The molecule has 2 aromatic rings. The number of carbonyl (C=O) groups is 2. The molecule has 2 aliphatic heterocycles. The fourth-order valence-corrected chi connectivity index (χ4v) is 7.25. The fraction of sp³-hybridized carbons (Fsp3) is 0.462. The average Bonchev–Trinajstić information content (AvgIpc) is 3.10. The third kappa shape index (κ3) is 4.14. The number of benzene rings is 2. The zero-order valence-corrected chi connectivity index (χ0v) is 20.3. The van der Waals surface area contributed by atoms with Crippen molar-refractivity contribution in [3.63, 3.8) is 0 Å². The number of nitrogens with zero attached hydrogens (tertiary/aromatic N) is 3. The molecule has 3 aliphatic rings. The Bertz CT molecular complexity index is 1170. The zero-order chi connectivity index (χ0) is 23.9. The van der Waals surface area contributed by atoms with Gasteiger partial charge in [-0.05, 0) is 49.1 Å². The summed E-state index contributed by atoms with van der Waals surface area (Å²) in [6, 6.07) is 15.3. The second kappa shape index (κ2) is 9.15. The van der Waals surface area contributed by atoms with Crippen LogP contribution in [-0.4, -0.2) is 55.6 Å². The molecule has 180 valence electrons. The molecule has 2 saturated heterocycles. The SMILES string of the molecule is Cc1ccc(CN2C(=O)[C@H]3CCCC[C@H]3C2=O)cc1S(=O)(=O)N1CCN(c2ccccc2)CC1. The number of hydrogen-bond donors (Lipinski definition) is 0. The van der Waals surface area contributed by atoms with E-state index in [1.54, 1.807) is 23.4 Å². The van der Waals surface area contributed by atoms with Gasteiger partial charge in [-0.3, -0.25) is 14.5 Å². The topological polar surface area (TPSA) is 78.0 Å². The van der Waals surface area contributed by atoms with Crippen LogP contribution in [0.15, 0.2) is 53.4 Å². The van der Waals surface area contributed by atoms with Gasteiger partial charge in [-0.1, -0.05) is 43.2 Å². The highest BCUT2D eigenvalue weighted by molar-refractivity contribution is 7.89. The molecule has 0 radical (unpaired) electrons. The highest BCUT2D eigenvalue weighted by Crippen LogP contribution is 2.38. The maximum Gasteiger partial charge on any atom is 0.243 e. The van der Waals surface area contributed by atoms with Crippen molar-refractivity contribution in [3.8, 4) is 0 Å². The number of amides is 2. The van der Waals surface area contributed by atoms with E-state index in [9.17, 15) is 18.0 Å². The van der Waals surface area contributed by atoms with E-state index in [2.05, 4.69) is 4.90 Å². The number of aryl methyl sites for hydroxylation is 1. The van der Waals surface area contributed by atoms with Crippen LogP contribution in [0.1, 0.15) is 36.8 Å². The van der Waals surface area contributed by atoms with Gasteiger partial charge in [-0.25, -0.2) is 8.42 Å². The van der Waals surface area contributed by atoms with Crippen molar-refractivity contribution in [2.45, 2.75) is 44.0 Å². The van der Waals surface area contributed by atoms with E-state index in [4.69, 9.17) is 0 Å². The Kier molecular flexibility index (Phi) is 6.20. The van der Waals surface area contributed by atoms with Gasteiger partial charge < -0.3 is 4.90 Å². The quantitative estimate of drug-likeness (QED) is 0.613. The van der Waals surface area contributed by atoms with Crippen molar-refractivity contribution in [2.75, 3.05) is 31.1 Å². The number of para-hydroxylation sites is 1. The molecule has 0 unspecified atom stereocenters. The van der Waals surface area contributed by atoms with E-state index in [0.717, 1.165) is 31.4 Å². The number of piperazine rings is 1. The molecule has 0 spiro atoms. The van der Waals surface area contributed by atoms with E-state index < -0.39 is 10.0 Å². The van der Waals surface area contributed by atoms with Crippen molar-refractivity contribution in [3.05, 3.63) is 59.7 Å². The molecule has 7 nitrogen and oxygen atoms in total. The summed E-state index contributed by atoms with van der Waals surface area (Å²) >= 11 is 0. The lowest BCUT2D eigenvalue weighted by molar-refractivity contribution is -0.140. The first-order valence-corrected chi connectivity index (χ1v) is 13.5. The van der Waals surface area contributed by atoms with Crippen molar-refractivity contribution >= 4 is 27.5 Å². The third-order valence-electron chi connectivity index (χ3n) is 7.50. The summed E-state index contributed by atoms with van der Waals surface area (Å²) in [6.45, 7) is 4.00. The summed E-state index contributed by atoms with van der Waals surface area (Å²) in [5, 5.41) is 0. The Balaban J connectivity index is 1.32. The lowest BCUT2D eigenvalue weighted by atomic mass is 9.81. The first kappa shape index (κ1) is 23.1. The van der Waals surface area contributed by atoms with Crippen molar-refractivity contribution in [1.29, 1.82) is 0 Å². The predicted octanol–water partition coefficient (Wildman–Crippen LogP) is 3.18. The second-order valence-corrected chi connectivity index (χ2v) is 11.5. The number of rotatable bonds is 5. The van der Waals surface area contributed by atoms with Crippen LogP contribution in [0, 0.1) is 18.8 Å². The van der Waals surface area contributed by atoms with Gasteiger partial charge >= 0.3 is 0 Å². The number of imide groups is 1. The summed E-state index contributed by atoms with van der Waals surface area (Å²) in [4.78, 5) is 29.5. The van der Waals surface area contributed by atoms with Crippen LogP contribution in [0.5, 0.6) is 0 Å². The molecule has 1 aliphatic carbocycles. The van der Waals surface area contributed by atoms with Crippen LogP contribution in [-0.2, 0) is 26.2 Å². The summed E-state index contributed by atoms with van der Waals surface area (Å²) in [5.41, 5.74) is 2.44. The summed E-state index contributed by atoms with van der Waals surface area (Å²) in [7, 11) is -3.68. The first-order chi connectivity index (χ1) is 16.4. The Labute approximate surface area is 201 Å². The van der Waals surface area contributed by atoms with Gasteiger partial charge in [0.2, 0.25) is 21.8 Å². The highest BCUT2D eigenvalue weighted by Gasteiger charge is 2.48. The molecular formula is C26H31N3O4S. The van der Waals surface area contributed by atoms with Crippen LogP contribution in [0.4, 0.5) is 5.69 Å². The maximum absolute atomic E-state index is 13.5. The van der Waals surface area contributed by atoms with Gasteiger partial charge in [0.25, 0.3) is 0 Å². The normalized spacial score (nSPS) is 23.9. The monoisotopic (exact) mass is 481 g/mol. The molecule has 2 amide bonds. The van der Waals surface area contributed by atoms with E-state index in [0.29, 0.717) is 37.3 Å². The lowest BCUT2D eigenvalue weighted by Crippen LogP contribution is -2.48. The zero-order valence-electron chi connectivity index (χ0n) is 19.5. The Morgan fingerprint density at radius 3 is 2.09 bits per heavy atom. The van der Waals surface area contributed by atoms with Gasteiger partial charge in [-0.2, -0.15) is 4.31 Å². The molecule has 0 bridgehead atoms. The van der Waals surface area contributed by atoms with Crippen LogP contribution in [0.2, 0.25) is 0 Å². The standard InChI is InChI=1S/C26H31N3O4S/c1-19-11-12-20(18-29-25(30)22-9-5-6-10-23(22)26(29)31)17-24(19)34(32,33)28-15-13-27(14-16-28)21-7-3-2-4-8-21/h2-4,7-8,11-12,17,22-23H,5-6,9-10,13-16,18H2,1H3/t22-,23+. The Morgan fingerprint density at radius 2 is 1.47 bits per heavy atom. The number of hydrogen-bond acceptors (Lipinski definition) is 5. The van der Waals surface area contributed by atoms with Gasteiger partial charge in [-0.15, -0.1) is 0 Å². The van der Waals surface area contributed by atoms with Crippen molar-refractivity contribution < 1.29 is 18.0 Å². The van der Waals surface area contributed by atoms with Crippen molar-refractivity contribution in [2.24, 2.45) is 11.8 Å². The number of sulfonamides is 1. The molecule has 5 rings (SSSR count). The van der Waals surface area contributed by atoms with E-state index in [1.165, 1.54) is 4.90 Å². The molecular weight excluding hydrogens is 450 g/mol. The van der Waals surface area contributed by atoms with Gasteiger partial charge in [0.1, 0.15) is 0 Å². The molecule has 2 atom stereocenters. The van der Waals surface area contributed by atoms with E-state index in [1.807, 2.05) is 36.4 Å². The molecule has 8 heteroatoms. The van der Waals surface area contributed by atoms with Crippen LogP contribution >= 0.6 is 0 Å². The molecule has 0 aromatic heterocycles. The van der Waals surface area contributed by atoms with Crippen LogP contribution in [0.25, 0.3) is 0 Å². The smallest absolute Gasteiger partial charge is 0.243 e. The minimum Gasteiger partial charge on any atom is -0.369 e. The number of likely N-dealkylation sites (tertiary alicyclic amines) is 1. The first-order valence-electron chi connectivity index (χ1n) is 12.1. The summed E-state index contributed by atoms with van der Waals surface area (Å²) < 4.78 is 28.6. The third-order valence-corrected chi connectivity index (χ3v) is 9.54. The van der Waals surface area contributed by atoms with Crippen molar-refractivity contribution in [1.82, 2.24) is 9.21 Å². The van der Waals surface area contributed by atoms with E-state index in [-0.39, 0.29) is 35.1 Å². The van der Waals surface area contributed by atoms with Gasteiger partial charge in [0, 0.05) is 31.9 Å².